The first-order chi connectivity index (χ1) is 11.5. The summed E-state index contributed by atoms with van der Waals surface area (Å²) in [6.07, 6.45) is 5.86. The van der Waals surface area contributed by atoms with E-state index in [4.69, 9.17) is 19.8 Å². The lowest BCUT2D eigenvalue weighted by Crippen LogP contribution is -2.09. The van der Waals surface area contributed by atoms with Crippen molar-refractivity contribution in [2.24, 2.45) is 0 Å². The molecule has 0 aliphatic carbocycles. The summed E-state index contributed by atoms with van der Waals surface area (Å²) < 4.78 is 1.09. The van der Waals surface area contributed by atoms with E-state index in [1.54, 1.807) is 6.20 Å². The molecule has 0 saturated carbocycles. The Kier molecular flexibility index (Phi) is 8.38. The molecule has 126 valence electrons. The van der Waals surface area contributed by atoms with Gasteiger partial charge < -0.3 is 15.5 Å². The number of hydrogen-bond acceptors (Lipinski definition) is 4. The molecule has 0 spiro atoms. The van der Waals surface area contributed by atoms with Gasteiger partial charge in [-0.05, 0) is 30.3 Å². The average Bonchev–Trinajstić information content (AvgIpc) is 2.58. The molecular formula is C17H17BrN2O4. The van der Waals surface area contributed by atoms with E-state index >= 15 is 0 Å². The molecule has 0 radical (unpaired) electrons. The molecular weight excluding hydrogens is 376 g/mol. The number of aliphatic carboxylic acids is 2. The van der Waals surface area contributed by atoms with Gasteiger partial charge in [0.2, 0.25) is 0 Å². The van der Waals surface area contributed by atoms with E-state index in [2.05, 4.69) is 50.5 Å². The first kappa shape index (κ1) is 19.5. The monoisotopic (exact) mass is 392 g/mol. The number of aromatic nitrogens is 1. The van der Waals surface area contributed by atoms with Gasteiger partial charge in [-0.2, -0.15) is 0 Å². The Morgan fingerprint density at radius 3 is 2.33 bits per heavy atom. The van der Waals surface area contributed by atoms with Gasteiger partial charge in [-0.1, -0.05) is 46.3 Å². The van der Waals surface area contributed by atoms with Crippen molar-refractivity contribution < 1.29 is 19.8 Å². The molecule has 7 heteroatoms. The normalized spacial score (nSPS) is 10.5. The van der Waals surface area contributed by atoms with E-state index in [1.165, 1.54) is 11.1 Å². The summed E-state index contributed by atoms with van der Waals surface area (Å²) in [5, 5.41) is 17.9. The molecule has 0 fully saturated rings. The Balaban J connectivity index is 0.000000413. The second kappa shape index (κ2) is 10.3. The summed E-state index contributed by atoms with van der Waals surface area (Å²) in [4.78, 5) is 22.4. The zero-order valence-corrected chi connectivity index (χ0v) is 14.5. The summed E-state index contributed by atoms with van der Waals surface area (Å²) in [6.45, 7) is 0.825. The summed E-state index contributed by atoms with van der Waals surface area (Å²) in [5.74, 6) is -3.65. The minimum atomic E-state index is -1.82. The van der Waals surface area contributed by atoms with Gasteiger partial charge in [0.05, 0.1) is 0 Å². The Morgan fingerprint density at radius 2 is 1.83 bits per heavy atom. The number of halogens is 1. The van der Waals surface area contributed by atoms with Crippen molar-refractivity contribution in [3.8, 4) is 0 Å². The SMILES string of the molecule is CNC/C=C(\c1cccnc1)c1ccccc1Br.O=C(O)C(=O)O. The fourth-order valence-electron chi connectivity index (χ4n) is 1.79. The Labute approximate surface area is 148 Å². The van der Waals surface area contributed by atoms with Crippen LogP contribution in [-0.2, 0) is 9.59 Å². The van der Waals surface area contributed by atoms with Crippen LogP contribution in [0, 0.1) is 0 Å². The quantitative estimate of drug-likeness (QED) is 0.691. The van der Waals surface area contributed by atoms with E-state index in [9.17, 15) is 0 Å². The number of nitrogens with zero attached hydrogens (tertiary/aromatic N) is 1. The Morgan fingerprint density at radius 1 is 1.17 bits per heavy atom. The Hall–Kier alpha value is -2.51. The summed E-state index contributed by atoms with van der Waals surface area (Å²) in [7, 11) is 1.94. The molecule has 0 atom stereocenters. The molecule has 1 aromatic heterocycles. The largest absolute Gasteiger partial charge is 0.473 e. The second-order valence-electron chi connectivity index (χ2n) is 4.51. The molecule has 0 aliphatic rings. The minimum Gasteiger partial charge on any atom is -0.473 e. The highest BCUT2D eigenvalue weighted by molar-refractivity contribution is 9.10. The van der Waals surface area contributed by atoms with Gasteiger partial charge in [-0.15, -0.1) is 0 Å². The molecule has 0 bridgehead atoms. The topological polar surface area (TPSA) is 99.5 Å². The van der Waals surface area contributed by atoms with Crippen LogP contribution in [0.5, 0.6) is 0 Å². The third-order valence-electron chi connectivity index (χ3n) is 2.83. The molecule has 1 heterocycles. The Bertz CT molecular complexity index is 706. The van der Waals surface area contributed by atoms with Crippen LogP contribution in [0.2, 0.25) is 0 Å². The van der Waals surface area contributed by atoms with Crippen LogP contribution in [0.4, 0.5) is 0 Å². The number of rotatable bonds is 4. The number of carboxylic acids is 2. The smallest absolute Gasteiger partial charge is 0.414 e. The molecule has 0 unspecified atom stereocenters. The van der Waals surface area contributed by atoms with Gasteiger partial charge in [0.25, 0.3) is 0 Å². The van der Waals surface area contributed by atoms with Gasteiger partial charge in [0, 0.05) is 29.0 Å². The van der Waals surface area contributed by atoms with Crippen molar-refractivity contribution in [3.63, 3.8) is 0 Å². The van der Waals surface area contributed by atoms with E-state index in [0.717, 1.165) is 16.6 Å². The number of carboxylic acid groups (broad SMARTS) is 2. The molecule has 0 saturated heterocycles. The lowest BCUT2D eigenvalue weighted by atomic mass is 9.99. The average molecular weight is 393 g/mol. The van der Waals surface area contributed by atoms with Gasteiger partial charge in [-0.3, -0.25) is 4.98 Å². The molecule has 2 aromatic rings. The minimum absolute atomic E-state index is 0.825. The van der Waals surface area contributed by atoms with Gasteiger partial charge >= 0.3 is 11.9 Å². The van der Waals surface area contributed by atoms with Crippen molar-refractivity contribution in [1.29, 1.82) is 0 Å². The zero-order chi connectivity index (χ0) is 17.9. The fourth-order valence-corrected chi connectivity index (χ4v) is 2.29. The second-order valence-corrected chi connectivity index (χ2v) is 5.36. The number of hydrogen-bond donors (Lipinski definition) is 3. The first-order valence-electron chi connectivity index (χ1n) is 6.93. The number of carbonyl (C=O) groups is 2. The summed E-state index contributed by atoms with van der Waals surface area (Å²) >= 11 is 3.60. The molecule has 24 heavy (non-hydrogen) atoms. The highest BCUT2D eigenvalue weighted by Crippen LogP contribution is 2.28. The lowest BCUT2D eigenvalue weighted by molar-refractivity contribution is -0.159. The standard InChI is InChI=1S/C15H15BrN2.C2H2O4/c1-17-10-8-13(12-5-4-9-18-11-12)14-6-2-3-7-15(14)16;3-1(4)2(5)6/h2-9,11,17H,10H2,1H3;(H,3,4)(H,5,6)/b13-8+;. The lowest BCUT2D eigenvalue weighted by Gasteiger charge is -2.10. The van der Waals surface area contributed by atoms with E-state index in [-0.39, 0.29) is 0 Å². The van der Waals surface area contributed by atoms with Crippen LogP contribution in [0.1, 0.15) is 11.1 Å². The van der Waals surface area contributed by atoms with Crippen molar-refractivity contribution >= 4 is 33.4 Å². The van der Waals surface area contributed by atoms with Crippen LogP contribution >= 0.6 is 15.9 Å². The van der Waals surface area contributed by atoms with Crippen molar-refractivity contribution in [2.45, 2.75) is 0 Å². The molecule has 6 nitrogen and oxygen atoms in total. The van der Waals surface area contributed by atoms with Gasteiger partial charge in [0.1, 0.15) is 0 Å². The predicted molar refractivity (Wildman–Crippen MR) is 94.7 cm³/mol. The maximum absolute atomic E-state index is 9.10. The van der Waals surface area contributed by atoms with Crippen LogP contribution in [0.3, 0.4) is 0 Å². The van der Waals surface area contributed by atoms with Crippen LogP contribution in [0.25, 0.3) is 5.57 Å². The third kappa shape index (κ3) is 6.31. The van der Waals surface area contributed by atoms with E-state index in [0.29, 0.717) is 0 Å². The zero-order valence-electron chi connectivity index (χ0n) is 12.9. The summed E-state index contributed by atoms with van der Waals surface area (Å²) in [6, 6.07) is 12.3. The van der Waals surface area contributed by atoms with Gasteiger partial charge in [-0.25, -0.2) is 9.59 Å². The van der Waals surface area contributed by atoms with E-state index in [1.807, 2.05) is 31.4 Å². The van der Waals surface area contributed by atoms with Crippen molar-refractivity contribution in [2.75, 3.05) is 13.6 Å². The van der Waals surface area contributed by atoms with Crippen molar-refractivity contribution in [3.05, 3.63) is 70.5 Å². The summed E-state index contributed by atoms with van der Waals surface area (Å²) in [5.41, 5.74) is 3.49. The van der Waals surface area contributed by atoms with E-state index < -0.39 is 11.9 Å². The third-order valence-corrected chi connectivity index (χ3v) is 3.52. The number of nitrogens with one attached hydrogen (secondary N) is 1. The van der Waals surface area contributed by atoms with Crippen LogP contribution in [0.15, 0.2) is 59.3 Å². The van der Waals surface area contributed by atoms with Crippen molar-refractivity contribution in [1.82, 2.24) is 10.3 Å². The van der Waals surface area contributed by atoms with Crippen LogP contribution in [-0.4, -0.2) is 40.7 Å². The molecule has 2 rings (SSSR count). The molecule has 0 aliphatic heterocycles. The number of pyridine rings is 1. The molecule has 3 N–H and O–H groups in total. The maximum atomic E-state index is 9.10. The molecule has 0 amide bonds. The first-order valence-corrected chi connectivity index (χ1v) is 7.73. The van der Waals surface area contributed by atoms with Crippen LogP contribution < -0.4 is 5.32 Å². The highest BCUT2D eigenvalue weighted by Gasteiger charge is 2.07. The number of benzene rings is 1. The number of likely N-dealkylation sites (N-methyl/N-ethyl adjacent to an activating group) is 1. The van der Waals surface area contributed by atoms with Gasteiger partial charge in [0.15, 0.2) is 0 Å². The predicted octanol–water partition coefficient (Wildman–Crippen LogP) is 2.65. The maximum Gasteiger partial charge on any atom is 0.414 e. The molecule has 1 aromatic carbocycles. The highest BCUT2D eigenvalue weighted by atomic mass is 79.9. The fraction of sp³-hybridized carbons (Fsp3) is 0.118.